The lowest BCUT2D eigenvalue weighted by atomic mass is 10.1. The van der Waals surface area contributed by atoms with Crippen molar-refractivity contribution in [3.05, 3.63) is 53.7 Å². The molecule has 0 spiro atoms. The number of rotatable bonds is 8. The molecule has 4 N–H and O–H groups in total. The van der Waals surface area contributed by atoms with E-state index in [2.05, 4.69) is 49.9 Å². The zero-order chi connectivity index (χ0) is 22.8. The number of aromatic hydroxyl groups is 1. The van der Waals surface area contributed by atoms with E-state index in [1.807, 2.05) is 13.0 Å². The molecule has 1 aliphatic rings. The highest BCUT2D eigenvalue weighted by atomic mass is 127. The fourth-order valence-electron chi connectivity index (χ4n) is 3.69. The first kappa shape index (κ1) is 26.7. The van der Waals surface area contributed by atoms with Crippen LogP contribution in [-0.4, -0.2) is 60.7 Å². The maximum Gasteiger partial charge on any atom is 0.251 e. The Morgan fingerprint density at radius 1 is 1.18 bits per heavy atom. The molecule has 1 aliphatic heterocycles. The van der Waals surface area contributed by atoms with Crippen molar-refractivity contribution >= 4 is 41.7 Å². The molecule has 8 nitrogen and oxygen atoms in total. The van der Waals surface area contributed by atoms with Crippen LogP contribution in [0.3, 0.4) is 0 Å². The number of benzene rings is 1. The number of carbonyl (C=O) groups excluding carboxylic acids is 1. The van der Waals surface area contributed by atoms with Crippen LogP contribution in [-0.2, 0) is 0 Å². The van der Waals surface area contributed by atoms with Crippen molar-refractivity contribution in [3.8, 4) is 5.75 Å². The fraction of sp³-hybridized carbons (Fsp3) is 0.458. The smallest absolute Gasteiger partial charge is 0.251 e. The Morgan fingerprint density at radius 2 is 1.94 bits per heavy atom. The number of aryl methyl sites for hydroxylation is 1. The number of pyridine rings is 1. The van der Waals surface area contributed by atoms with Gasteiger partial charge >= 0.3 is 0 Å². The number of phenols is 1. The number of anilines is 1. The number of phenolic OH excluding ortho intramolecular Hbond substituents is 1. The van der Waals surface area contributed by atoms with E-state index in [0.717, 1.165) is 56.4 Å². The number of aromatic nitrogens is 1. The molecule has 1 aromatic carbocycles. The third-order valence-corrected chi connectivity index (χ3v) is 5.38. The first-order valence-electron chi connectivity index (χ1n) is 11.4. The van der Waals surface area contributed by atoms with E-state index in [0.29, 0.717) is 24.7 Å². The van der Waals surface area contributed by atoms with Gasteiger partial charge in [-0.15, -0.1) is 24.0 Å². The number of nitrogens with zero attached hydrogens (tertiary/aromatic N) is 3. The predicted octanol–water partition coefficient (Wildman–Crippen LogP) is 3.06. The summed E-state index contributed by atoms with van der Waals surface area (Å²) >= 11 is 0. The van der Waals surface area contributed by atoms with Gasteiger partial charge in [0.1, 0.15) is 11.6 Å². The van der Waals surface area contributed by atoms with Crippen LogP contribution in [0.2, 0.25) is 0 Å². The second-order valence-electron chi connectivity index (χ2n) is 7.96. The minimum Gasteiger partial charge on any atom is -0.508 e. The van der Waals surface area contributed by atoms with Gasteiger partial charge in [-0.25, -0.2) is 4.98 Å². The van der Waals surface area contributed by atoms with Gasteiger partial charge in [0.2, 0.25) is 0 Å². The van der Waals surface area contributed by atoms with Crippen molar-refractivity contribution in [1.29, 1.82) is 0 Å². The van der Waals surface area contributed by atoms with Gasteiger partial charge in [-0.05, 0) is 63.4 Å². The van der Waals surface area contributed by atoms with Crippen molar-refractivity contribution in [2.75, 3.05) is 37.6 Å². The summed E-state index contributed by atoms with van der Waals surface area (Å²) in [5.41, 5.74) is 1.50. The standard InChI is InChI=1S/C24H34N6O2.HI/c1-3-25-24(27-14-6-13-26-23(32)19-8-5-9-21(31)17-19)29-20-11-15-30(16-12-20)22-10-4-7-18(2)28-22;/h4-5,7-10,17,20,31H,3,6,11-16H2,1-2H3,(H,26,32)(H2,25,27,29);1H. The Hall–Kier alpha value is -2.56. The lowest BCUT2D eigenvalue weighted by Crippen LogP contribution is -2.49. The molecule has 2 heterocycles. The van der Waals surface area contributed by atoms with Crippen molar-refractivity contribution in [2.45, 2.75) is 39.2 Å². The molecule has 0 unspecified atom stereocenters. The Morgan fingerprint density at radius 3 is 2.64 bits per heavy atom. The quantitative estimate of drug-likeness (QED) is 0.170. The van der Waals surface area contributed by atoms with Crippen LogP contribution in [0.4, 0.5) is 5.82 Å². The molecule has 1 amide bonds. The van der Waals surface area contributed by atoms with Crippen LogP contribution in [0.25, 0.3) is 0 Å². The van der Waals surface area contributed by atoms with Crippen LogP contribution < -0.4 is 20.9 Å². The minimum absolute atomic E-state index is 0. The van der Waals surface area contributed by atoms with Gasteiger partial charge in [-0.3, -0.25) is 9.79 Å². The molecule has 1 aromatic heterocycles. The van der Waals surface area contributed by atoms with Crippen LogP contribution in [0.15, 0.2) is 47.5 Å². The first-order chi connectivity index (χ1) is 15.5. The number of hydrogen-bond donors (Lipinski definition) is 4. The Kier molecular flexibility index (Phi) is 11.2. The normalized spacial score (nSPS) is 14.4. The molecule has 33 heavy (non-hydrogen) atoms. The van der Waals surface area contributed by atoms with Crippen molar-refractivity contribution in [2.24, 2.45) is 4.99 Å². The number of guanidine groups is 1. The van der Waals surface area contributed by atoms with E-state index in [4.69, 9.17) is 0 Å². The number of amides is 1. The SMILES string of the molecule is CCNC(=NCCCNC(=O)c1cccc(O)c1)NC1CCN(c2cccc(C)n2)CC1.I. The molecule has 0 atom stereocenters. The third-order valence-electron chi connectivity index (χ3n) is 5.38. The summed E-state index contributed by atoms with van der Waals surface area (Å²) in [5.74, 6) is 1.77. The molecular formula is C24H35IN6O2. The van der Waals surface area contributed by atoms with E-state index in [9.17, 15) is 9.90 Å². The summed E-state index contributed by atoms with van der Waals surface area (Å²) in [6.45, 7) is 7.95. The van der Waals surface area contributed by atoms with Crippen molar-refractivity contribution < 1.29 is 9.90 Å². The second kappa shape index (κ2) is 13.9. The fourth-order valence-corrected chi connectivity index (χ4v) is 3.69. The van der Waals surface area contributed by atoms with Gasteiger partial charge in [0.15, 0.2) is 5.96 Å². The van der Waals surface area contributed by atoms with Crippen LogP contribution >= 0.6 is 24.0 Å². The third kappa shape index (κ3) is 8.71. The lowest BCUT2D eigenvalue weighted by molar-refractivity contribution is 0.0953. The highest BCUT2D eigenvalue weighted by Gasteiger charge is 2.21. The van der Waals surface area contributed by atoms with Crippen LogP contribution in [0.5, 0.6) is 5.75 Å². The maximum absolute atomic E-state index is 12.1. The summed E-state index contributed by atoms with van der Waals surface area (Å²) in [6, 6.07) is 12.9. The highest BCUT2D eigenvalue weighted by molar-refractivity contribution is 14.0. The molecule has 180 valence electrons. The summed E-state index contributed by atoms with van der Waals surface area (Å²) in [4.78, 5) is 23.7. The van der Waals surface area contributed by atoms with Crippen LogP contribution in [0.1, 0.15) is 42.2 Å². The molecule has 1 fully saturated rings. The second-order valence-corrected chi connectivity index (χ2v) is 7.96. The van der Waals surface area contributed by atoms with Crippen molar-refractivity contribution in [3.63, 3.8) is 0 Å². The zero-order valence-electron chi connectivity index (χ0n) is 19.4. The Labute approximate surface area is 213 Å². The highest BCUT2D eigenvalue weighted by Crippen LogP contribution is 2.18. The monoisotopic (exact) mass is 566 g/mol. The number of aliphatic imine (C=N–C) groups is 1. The van der Waals surface area contributed by atoms with Gasteiger partial charge in [0, 0.05) is 50.0 Å². The number of carbonyl (C=O) groups is 1. The molecule has 3 rings (SSSR count). The molecule has 0 radical (unpaired) electrons. The molecule has 9 heteroatoms. The van der Waals surface area contributed by atoms with Gasteiger partial charge in [0.25, 0.3) is 5.91 Å². The Bertz CT molecular complexity index is 915. The molecule has 0 bridgehead atoms. The van der Waals surface area contributed by atoms with E-state index in [1.165, 1.54) is 6.07 Å². The molecule has 1 saturated heterocycles. The van der Waals surface area contributed by atoms with E-state index < -0.39 is 0 Å². The van der Waals surface area contributed by atoms with Gasteiger partial charge in [-0.2, -0.15) is 0 Å². The van der Waals surface area contributed by atoms with Crippen molar-refractivity contribution in [1.82, 2.24) is 20.9 Å². The minimum atomic E-state index is -0.190. The van der Waals surface area contributed by atoms with E-state index >= 15 is 0 Å². The summed E-state index contributed by atoms with van der Waals surface area (Å²) in [7, 11) is 0. The largest absolute Gasteiger partial charge is 0.508 e. The summed E-state index contributed by atoms with van der Waals surface area (Å²) in [6.07, 6.45) is 2.79. The van der Waals surface area contributed by atoms with Gasteiger partial charge in [-0.1, -0.05) is 12.1 Å². The Balaban J connectivity index is 0.00000385. The molecule has 2 aromatic rings. The average molecular weight is 566 g/mol. The average Bonchev–Trinajstić information content (AvgIpc) is 2.79. The molecular weight excluding hydrogens is 531 g/mol. The number of hydrogen-bond acceptors (Lipinski definition) is 5. The number of piperidine rings is 1. The summed E-state index contributed by atoms with van der Waals surface area (Å²) in [5, 5.41) is 19.2. The van der Waals surface area contributed by atoms with E-state index in [1.54, 1.807) is 18.2 Å². The van der Waals surface area contributed by atoms with Gasteiger partial charge in [0.05, 0.1) is 0 Å². The maximum atomic E-state index is 12.1. The number of halogens is 1. The molecule has 0 saturated carbocycles. The lowest BCUT2D eigenvalue weighted by Gasteiger charge is -2.34. The summed E-state index contributed by atoms with van der Waals surface area (Å²) < 4.78 is 0. The number of nitrogens with one attached hydrogen (secondary N) is 3. The predicted molar refractivity (Wildman–Crippen MR) is 144 cm³/mol. The van der Waals surface area contributed by atoms with E-state index in [-0.39, 0.29) is 35.6 Å². The van der Waals surface area contributed by atoms with Gasteiger partial charge < -0.3 is 26.0 Å². The zero-order valence-corrected chi connectivity index (χ0v) is 21.7. The topological polar surface area (TPSA) is 102 Å². The first-order valence-corrected chi connectivity index (χ1v) is 11.4. The van der Waals surface area contributed by atoms with Crippen LogP contribution in [0, 0.1) is 6.92 Å². The molecule has 0 aliphatic carbocycles.